The third-order valence-corrected chi connectivity index (χ3v) is 5.03. The first-order chi connectivity index (χ1) is 13.5. The van der Waals surface area contributed by atoms with E-state index in [0.29, 0.717) is 11.6 Å². The van der Waals surface area contributed by atoms with Crippen molar-refractivity contribution in [2.24, 2.45) is 0 Å². The maximum atomic E-state index is 11.9. The fraction of sp³-hybridized carbons (Fsp3) is 0.300. The standard InChI is InChI=1S/C20H22N6O2/c1-14-3-5-16(6-4-14)25-9-11-26(12-10-25)19-21-8-7-15(22-19)13-17-18(27)23-20(28)24(17)2/h3-8,13H,9-12H2,1-2H3,(H,23,27,28)/b17-13-. The fourth-order valence-electron chi connectivity index (χ4n) is 3.32. The van der Waals surface area contributed by atoms with Gasteiger partial charge in [0.1, 0.15) is 5.70 Å². The number of hydrogen-bond donors (Lipinski definition) is 1. The SMILES string of the molecule is Cc1ccc(N2CCN(c3nccc(/C=C4/C(=O)NC(=O)N4C)n3)CC2)cc1. The summed E-state index contributed by atoms with van der Waals surface area (Å²) in [6.45, 7) is 5.48. The molecule has 3 amide bonds. The van der Waals surface area contributed by atoms with Crippen LogP contribution >= 0.6 is 0 Å². The number of nitrogens with zero attached hydrogens (tertiary/aromatic N) is 5. The van der Waals surface area contributed by atoms with Crippen LogP contribution in [0.15, 0.2) is 42.2 Å². The molecule has 2 aliphatic heterocycles. The molecule has 0 unspecified atom stereocenters. The lowest BCUT2D eigenvalue weighted by atomic mass is 10.2. The van der Waals surface area contributed by atoms with Crippen molar-refractivity contribution in [1.29, 1.82) is 0 Å². The second kappa shape index (κ2) is 7.30. The number of aryl methyl sites for hydroxylation is 1. The Morgan fingerprint density at radius 2 is 1.68 bits per heavy atom. The number of imide groups is 1. The van der Waals surface area contributed by atoms with Crippen LogP contribution in [0.1, 0.15) is 11.3 Å². The summed E-state index contributed by atoms with van der Waals surface area (Å²) in [5.41, 5.74) is 3.35. The number of urea groups is 1. The summed E-state index contributed by atoms with van der Waals surface area (Å²) in [5, 5.41) is 2.26. The number of rotatable bonds is 3. The smallest absolute Gasteiger partial charge is 0.328 e. The monoisotopic (exact) mass is 378 g/mol. The quantitative estimate of drug-likeness (QED) is 0.646. The van der Waals surface area contributed by atoms with Crippen LogP contribution in [0, 0.1) is 6.92 Å². The number of likely N-dealkylation sites (N-methyl/N-ethyl adjacent to an activating group) is 1. The van der Waals surface area contributed by atoms with Crippen molar-refractivity contribution in [2.75, 3.05) is 43.0 Å². The number of amides is 3. The van der Waals surface area contributed by atoms with Gasteiger partial charge in [0.2, 0.25) is 5.95 Å². The zero-order valence-corrected chi connectivity index (χ0v) is 15.9. The molecule has 2 aliphatic rings. The summed E-state index contributed by atoms with van der Waals surface area (Å²) in [7, 11) is 1.55. The molecule has 2 saturated heterocycles. The first-order valence-electron chi connectivity index (χ1n) is 9.21. The number of anilines is 2. The first-order valence-corrected chi connectivity index (χ1v) is 9.21. The van der Waals surface area contributed by atoms with Crippen molar-refractivity contribution in [3.05, 3.63) is 53.5 Å². The van der Waals surface area contributed by atoms with Crippen LogP contribution in [0.4, 0.5) is 16.4 Å². The Labute approximate surface area is 163 Å². The lowest BCUT2D eigenvalue weighted by Gasteiger charge is -2.36. The zero-order chi connectivity index (χ0) is 19.7. The van der Waals surface area contributed by atoms with Gasteiger partial charge in [-0.1, -0.05) is 17.7 Å². The highest BCUT2D eigenvalue weighted by Gasteiger charge is 2.30. The van der Waals surface area contributed by atoms with Gasteiger partial charge in [0, 0.05) is 45.1 Å². The molecule has 0 saturated carbocycles. The maximum Gasteiger partial charge on any atom is 0.328 e. The molecule has 1 aromatic heterocycles. The molecule has 2 aromatic rings. The number of carbonyl (C=O) groups excluding carboxylic acids is 2. The van der Waals surface area contributed by atoms with E-state index in [-0.39, 0.29) is 5.70 Å². The number of nitrogens with one attached hydrogen (secondary N) is 1. The summed E-state index contributed by atoms with van der Waals surface area (Å²) < 4.78 is 0. The average Bonchev–Trinajstić information content (AvgIpc) is 2.95. The maximum absolute atomic E-state index is 11.9. The van der Waals surface area contributed by atoms with Crippen LogP contribution in [-0.4, -0.2) is 60.0 Å². The van der Waals surface area contributed by atoms with Gasteiger partial charge in [0.15, 0.2) is 0 Å². The van der Waals surface area contributed by atoms with Gasteiger partial charge in [-0.2, -0.15) is 0 Å². The van der Waals surface area contributed by atoms with Gasteiger partial charge in [0.25, 0.3) is 5.91 Å². The van der Waals surface area contributed by atoms with E-state index in [1.54, 1.807) is 25.4 Å². The second-order valence-electron chi connectivity index (χ2n) is 6.94. The van der Waals surface area contributed by atoms with E-state index in [9.17, 15) is 9.59 Å². The van der Waals surface area contributed by atoms with Gasteiger partial charge in [-0.15, -0.1) is 0 Å². The summed E-state index contributed by atoms with van der Waals surface area (Å²) in [4.78, 5) is 38.2. The Hall–Kier alpha value is -3.42. The number of carbonyl (C=O) groups is 2. The summed E-state index contributed by atoms with van der Waals surface area (Å²) in [6.07, 6.45) is 3.28. The van der Waals surface area contributed by atoms with Crippen molar-refractivity contribution in [3.8, 4) is 0 Å². The molecule has 4 rings (SSSR count). The third kappa shape index (κ3) is 3.53. The number of aromatic nitrogens is 2. The molecular weight excluding hydrogens is 356 g/mol. The number of piperazine rings is 1. The van der Waals surface area contributed by atoms with Crippen LogP contribution in [0.3, 0.4) is 0 Å². The molecule has 1 aromatic carbocycles. The van der Waals surface area contributed by atoms with Crippen molar-refractivity contribution in [3.63, 3.8) is 0 Å². The van der Waals surface area contributed by atoms with Gasteiger partial charge in [-0.3, -0.25) is 15.0 Å². The predicted octanol–water partition coefficient (Wildman–Crippen LogP) is 1.63. The minimum atomic E-state index is -0.433. The Balaban J connectivity index is 1.46. The molecule has 0 bridgehead atoms. The van der Waals surface area contributed by atoms with Crippen LogP contribution in [0.25, 0.3) is 6.08 Å². The predicted molar refractivity (Wildman–Crippen MR) is 107 cm³/mol. The summed E-state index contributed by atoms with van der Waals surface area (Å²) >= 11 is 0. The van der Waals surface area contributed by atoms with E-state index >= 15 is 0 Å². The van der Waals surface area contributed by atoms with E-state index in [1.807, 2.05) is 0 Å². The third-order valence-electron chi connectivity index (χ3n) is 5.03. The minimum absolute atomic E-state index is 0.277. The Bertz CT molecular complexity index is 932. The minimum Gasteiger partial charge on any atom is -0.368 e. The summed E-state index contributed by atoms with van der Waals surface area (Å²) in [6, 6.07) is 9.85. The molecule has 2 fully saturated rings. The van der Waals surface area contributed by atoms with Crippen molar-refractivity contribution >= 4 is 29.7 Å². The van der Waals surface area contributed by atoms with Crippen LogP contribution in [0.2, 0.25) is 0 Å². The molecule has 3 heterocycles. The van der Waals surface area contributed by atoms with Gasteiger partial charge in [-0.05, 0) is 31.2 Å². The van der Waals surface area contributed by atoms with E-state index < -0.39 is 11.9 Å². The van der Waals surface area contributed by atoms with Gasteiger partial charge >= 0.3 is 6.03 Å². The van der Waals surface area contributed by atoms with Gasteiger partial charge in [-0.25, -0.2) is 14.8 Å². The van der Waals surface area contributed by atoms with E-state index in [1.165, 1.54) is 16.2 Å². The topological polar surface area (TPSA) is 81.7 Å². The lowest BCUT2D eigenvalue weighted by Crippen LogP contribution is -2.47. The molecule has 8 heteroatoms. The highest BCUT2D eigenvalue weighted by molar-refractivity contribution is 6.13. The molecule has 0 aliphatic carbocycles. The van der Waals surface area contributed by atoms with Crippen molar-refractivity contribution in [2.45, 2.75) is 6.92 Å². The highest BCUT2D eigenvalue weighted by atomic mass is 16.2. The Kier molecular flexibility index (Phi) is 4.68. The number of hydrogen-bond acceptors (Lipinski definition) is 6. The van der Waals surface area contributed by atoms with Crippen molar-refractivity contribution in [1.82, 2.24) is 20.2 Å². The lowest BCUT2D eigenvalue weighted by molar-refractivity contribution is -0.115. The zero-order valence-electron chi connectivity index (χ0n) is 15.9. The molecule has 0 atom stereocenters. The average molecular weight is 378 g/mol. The van der Waals surface area contributed by atoms with Gasteiger partial charge < -0.3 is 9.80 Å². The largest absolute Gasteiger partial charge is 0.368 e. The highest BCUT2D eigenvalue weighted by Crippen LogP contribution is 2.20. The molecular formula is C20H22N6O2. The van der Waals surface area contributed by atoms with E-state index in [2.05, 4.69) is 56.3 Å². The molecule has 144 valence electrons. The Morgan fingerprint density at radius 1 is 1.00 bits per heavy atom. The van der Waals surface area contributed by atoms with E-state index in [4.69, 9.17) is 0 Å². The summed E-state index contributed by atoms with van der Waals surface area (Å²) in [5.74, 6) is 0.213. The molecule has 28 heavy (non-hydrogen) atoms. The molecule has 0 spiro atoms. The van der Waals surface area contributed by atoms with Crippen LogP contribution in [0.5, 0.6) is 0 Å². The molecule has 1 N–H and O–H groups in total. The fourth-order valence-corrected chi connectivity index (χ4v) is 3.32. The van der Waals surface area contributed by atoms with Gasteiger partial charge in [0.05, 0.1) is 5.69 Å². The van der Waals surface area contributed by atoms with Crippen molar-refractivity contribution < 1.29 is 9.59 Å². The first kappa shape index (κ1) is 18.0. The van der Waals surface area contributed by atoms with Crippen LogP contribution in [-0.2, 0) is 4.79 Å². The Morgan fingerprint density at radius 3 is 2.32 bits per heavy atom. The molecule has 0 radical (unpaired) electrons. The molecule has 8 nitrogen and oxygen atoms in total. The van der Waals surface area contributed by atoms with E-state index in [0.717, 1.165) is 26.2 Å². The second-order valence-corrected chi connectivity index (χ2v) is 6.94. The number of benzene rings is 1. The normalized spacial score (nSPS) is 18.8. The van der Waals surface area contributed by atoms with Crippen LogP contribution < -0.4 is 15.1 Å².